The topological polar surface area (TPSA) is 96.0 Å². The van der Waals surface area contributed by atoms with Crippen LogP contribution in [0.25, 0.3) is 0 Å². The number of rotatable bonds is 12. The summed E-state index contributed by atoms with van der Waals surface area (Å²) < 4.78 is 31.5. The van der Waals surface area contributed by atoms with Crippen molar-refractivity contribution in [1.29, 1.82) is 0 Å². The number of ether oxygens (including phenoxy) is 1. The van der Waals surface area contributed by atoms with Crippen LogP contribution in [0.15, 0.2) is 48.5 Å². The van der Waals surface area contributed by atoms with Crippen LogP contribution in [0.3, 0.4) is 0 Å². The number of nitrogens with zero attached hydrogens (tertiary/aromatic N) is 2. The van der Waals surface area contributed by atoms with E-state index in [0.717, 1.165) is 22.5 Å². The largest absolute Gasteiger partial charge is 0.497 e. The smallest absolute Gasteiger partial charge is 0.244 e. The molecule has 0 heterocycles. The van der Waals surface area contributed by atoms with Crippen molar-refractivity contribution in [2.24, 2.45) is 0 Å². The normalized spacial score (nSPS) is 12.0. The molecular weight excluding hydrogens is 478 g/mol. The molecule has 2 rings (SSSR count). The molecular formula is C24H32ClN3O5S. The molecule has 2 aromatic carbocycles. The molecule has 0 aliphatic carbocycles. The van der Waals surface area contributed by atoms with Crippen LogP contribution in [0, 0.1) is 0 Å². The highest BCUT2D eigenvalue weighted by Crippen LogP contribution is 2.24. The zero-order valence-electron chi connectivity index (χ0n) is 20.0. The first-order valence-corrected chi connectivity index (χ1v) is 13.3. The van der Waals surface area contributed by atoms with E-state index in [-0.39, 0.29) is 12.5 Å². The molecule has 0 aliphatic heterocycles. The molecule has 2 amide bonds. The van der Waals surface area contributed by atoms with Crippen LogP contribution < -0.4 is 14.4 Å². The summed E-state index contributed by atoms with van der Waals surface area (Å²) in [4.78, 5) is 27.9. The maximum Gasteiger partial charge on any atom is 0.244 e. The molecule has 0 aliphatic rings. The summed E-state index contributed by atoms with van der Waals surface area (Å²) in [6, 6.07) is 12.7. The van der Waals surface area contributed by atoms with E-state index in [1.165, 1.54) is 12.0 Å². The fourth-order valence-electron chi connectivity index (χ4n) is 3.45. The van der Waals surface area contributed by atoms with E-state index >= 15 is 0 Å². The number of amides is 2. The second-order valence-corrected chi connectivity index (χ2v) is 10.2. The monoisotopic (exact) mass is 509 g/mol. The first-order chi connectivity index (χ1) is 16.1. The number of carbonyl (C=O) groups excluding carboxylic acids is 2. The Bertz CT molecular complexity index is 1080. The van der Waals surface area contributed by atoms with Crippen LogP contribution in [0.4, 0.5) is 5.69 Å². The summed E-state index contributed by atoms with van der Waals surface area (Å²) in [6.07, 6.45) is 2.16. The Morgan fingerprint density at radius 3 is 2.35 bits per heavy atom. The van der Waals surface area contributed by atoms with E-state index in [1.807, 2.05) is 13.8 Å². The van der Waals surface area contributed by atoms with Crippen molar-refractivity contribution in [3.63, 3.8) is 0 Å². The van der Waals surface area contributed by atoms with Crippen molar-refractivity contribution >= 4 is 39.1 Å². The van der Waals surface area contributed by atoms with Crippen LogP contribution in [-0.4, -0.2) is 57.6 Å². The van der Waals surface area contributed by atoms with E-state index < -0.39 is 28.5 Å². The fraction of sp³-hybridized carbons (Fsp3) is 0.417. The minimum absolute atomic E-state index is 0.129. The Kier molecular flexibility index (Phi) is 10.2. The fourth-order valence-corrected chi connectivity index (χ4v) is 4.42. The van der Waals surface area contributed by atoms with E-state index in [4.69, 9.17) is 16.3 Å². The van der Waals surface area contributed by atoms with Gasteiger partial charge in [-0.05, 0) is 42.7 Å². The molecule has 10 heteroatoms. The predicted octanol–water partition coefficient (Wildman–Crippen LogP) is 3.45. The molecule has 0 saturated carbocycles. The number of hydrogen-bond acceptors (Lipinski definition) is 5. The lowest BCUT2D eigenvalue weighted by Gasteiger charge is -2.33. The maximum atomic E-state index is 13.6. The first kappa shape index (κ1) is 27.5. The molecule has 0 radical (unpaired) electrons. The average Bonchev–Trinajstić information content (AvgIpc) is 2.81. The van der Waals surface area contributed by atoms with Gasteiger partial charge in [-0.25, -0.2) is 8.42 Å². The Labute approximate surface area is 206 Å². The molecule has 186 valence electrons. The highest BCUT2D eigenvalue weighted by atomic mass is 35.5. The van der Waals surface area contributed by atoms with Crippen LogP contribution in [-0.2, 0) is 26.2 Å². The number of methoxy groups -OCH3 is 1. The lowest BCUT2D eigenvalue weighted by molar-refractivity contribution is -0.140. The summed E-state index contributed by atoms with van der Waals surface area (Å²) in [5.41, 5.74) is 1.07. The van der Waals surface area contributed by atoms with Crippen molar-refractivity contribution in [3.05, 3.63) is 59.1 Å². The number of anilines is 1. The van der Waals surface area contributed by atoms with Gasteiger partial charge in [0.05, 0.1) is 19.1 Å². The lowest BCUT2D eigenvalue weighted by atomic mass is 10.1. The van der Waals surface area contributed by atoms with Gasteiger partial charge in [0.15, 0.2) is 0 Å². The maximum absolute atomic E-state index is 13.6. The number of benzene rings is 2. The molecule has 0 spiro atoms. The van der Waals surface area contributed by atoms with Crippen molar-refractivity contribution in [3.8, 4) is 5.75 Å². The number of hydrogen-bond donors (Lipinski definition) is 1. The standard InChI is InChI=1S/C24H32ClN3O5S/c1-5-14-26-24(30)22(6-2)27(16-18-10-12-19(25)13-11-18)23(29)17-28(34(4,31)32)20-8-7-9-21(15-20)33-3/h7-13,15,22H,5-6,14,16-17H2,1-4H3,(H,26,30)/t22-/m1/s1. The zero-order chi connectivity index (χ0) is 25.3. The van der Waals surface area contributed by atoms with Gasteiger partial charge in [-0.15, -0.1) is 0 Å². The molecule has 1 N–H and O–H groups in total. The molecule has 2 aromatic rings. The third-order valence-corrected chi connectivity index (χ3v) is 6.61. The SMILES string of the molecule is CCCNC(=O)[C@@H](CC)N(Cc1ccc(Cl)cc1)C(=O)CN(c1cccc(OC)c1)S(C)(=O)=O. The highest BCUT2D eigenvalue weighted by molar-refractivity contribution is 7.92. The van der Waals surface area contributed by atoms with Gasteiger partial charge in [0.25, 0.3) is 0 Å². The third-order valence-electron chi connectivity index (χ3n) is 5.22. The highest BCUT2D eigenvalue weighted by Gasteiger charge is 2.31. The summed E-state index contributed by atoms with van der Waals surface area (Å²) in [7, 11) is -2.33. The summed E-state index contributed by atoms with van der Waals surface area (Å²) in [6.45, 7) is 3.91. The first-order valence-electron chi connectivity index (χ1n) is 11.0. The number of carbonyl (C=O) groups is 2. The summed E-state index contributed by atoms with van der Waals surface area (Å²) in [5, 5.41) is 3.39. The summed E-state index contributed by atoms with van der Waals surface area (Å²) in [5.74, 6) is -0.317. The van der Waals surface area contributed by atoms with Crippen molar-refractivity contribution in [2.45, 2.75) is 39.3 Å². The van der Waals surface area contributed by atoms with Gasteiger partial charge in [-0.1, -0.05) is 43.6 Å². The second kappa shape index (κ2) is 12.6. The molecule has 0 fully saturated rings. The van der Waals surface area contributed by atoms with Crippen LogP contribution in [0.5, 0.6) is 5.75 Å². The molecule has 0 unspecified atom stereocenters. The third kappa shape index (κ3) is 7.63. The molecule has 8 nitrogen and oxygen atoms in total. The minimum atomic E-state index is -3.80. The molecule has 0 saturated heterocycles. The van der Waals surface area contributed by atoms with E-state index in [2.05, 4.69) is 5.32 Å². The van der Waals surface area contributed by atoms with Crippen LogP contribution in [0.2, 0.25) is 5.02 Å². The van der Waals surface area contributed by atoms with Crippen LogP contribution in [0.1, 0.15) is 32.3 Å². The predicted molar refractivity (Wildman–Crippen MR) is 135 cm³/mol. The van der Waals surface area contributed by atoms with Crippen molar-refractivity contribution in [2.75, 3.05) is 30.8 Å². The van der Waals surface area contributed by atoms with Gasteiger partial charge in [0.2, 0.25) is 21.8 Å². The van der Waals surface area contributed by atoms with E-state index in [9.17, 15) is 18.0 Å². The Morgan fingerprint density at radius 2 is 1.79 bits per heavy atom. The van der Waals surface area contributed by atoms with Gasteiger partial charge in [0.1, 0.15) is 18.3 Å². The summed E-state index contributed by atoms with van der Waals surface area (Å²) >= 11 is 5.99. The average molecular weight is 510 g/mol. The van der Waals surface area contributed by atoms with E-state index in [1.54, 1.807) is 48.5 Å². The lowest BCUT2D eigenvalue weighted by Crippen LogP contribution is -2.52. The van der Waals surface area contributed by atoms with Gasteiger partial charge in [-0.3, -0.25) is 13.9 Å². The quantitative estimate of drug-likeness (QED) is 0.472. The molecule has 1 atom stereocenters. The Balaban J connectivity index is 2.42. The second-order valence-electron chi connectivity index (χ2n) is 7.83. The van der Waals surface area contributed by atoms with E-state index in [0.29, 0.717) is 29.4 Å². The van der Waals surface area contributed by atoms with Gasteiger partial charge in [-0.2, -0.15) is 0 Å². The molecule has 34 heavy (non-hydrogen) atoms. The van der Waals surface area contributed by atoms with Crippen LogP contribution >= 0.6 is 11.6 Å². The van der Waals surface area contributed by atoms with Gasteiger partial charge in [0, 0.05) is 24.2 Å². The Morgan fingerprint density at radius 1 is 1.12 bits per heavy atom. The van der Waals surface area contributed by atoms with Gasteiger partial charge >= 0.3 is 0 Å². The zero-order valence-corrected chi connectivity index (χ0v) is 21.5. The Hall–Kier alpha value is -2.78. The minimum Gasteiger partial charge on any atom is -0.497 e. The van der Waals surface area contributed by atoms with Crippen molar-refractivity contribution in [1.82, 2.24) is 10.2 Å². The number of sulfonamides is 1. The molecule has 0 bridgehead atoms. The molecule has 0 aromatic heterocycles. The number of halogens is 1. The van der Waals surface area contributed by atoms with Gasteiger partial charge < -0.3 is 15.0 Å². The van der Waals surface area contributed by atoms with Crippen molar-refractivity contribution < 1.29 is 22.7 Å². The number of nitrogens with one attached hydrogen (secondary N) is 1.